The zero-order valence-electron chi connectivity index (χ0n) is 17.1. The van der Waals surface area contributed by atoms with Gasteiger partial charge in [-0.05, 0) is 43.7 Å². The maximum Gasteiger partial charge on any atom is 0.232 e. The molecule has 0 bridgehead atoms. The molecule has 3 heterocycles. The number of aromatic nitrogens is 3. The summed E-state index contributed by atoms with van der Waals surface area (Å²) in [6.07, 6.45) is 1.60. The van der Waals surface area contributed by atoms with E-state index in [1.807, 2.05) is 35.8 Å². The molecule has 0 radical (unpaired) electrons. The number of hydrogen-bond acceptors (Lipinski definition) is 7. The van der Waals surface area contributed by atoms with Crippen molar-refractivity contribution in [3.8, 4) is 5.69 Å². The van der Waals surface area contributed by atoms with Gasteiger partial charge in [0, 0.05) is 13.1 Å². The van der Waals surface area contributed by atoms with E-state index in [9.17, 15) is 4.79 Å². The minimum absolute atomic E-state index is 0.0874. The molecule has 1 amide bonds. The summed E-state index contributed by atoms with van der Waals surface area (Å²) in [5.74, 6) is 1.65. The number of aryl methyl sites for hydroxylation is 1. The Hall–Kier alpha value is -2.78. The first-order valence-corrected chi connectivity index (χ1v) is 10.9. The van der Waals surface area contributed by atoms with Gasteiger partial charge in [0.25, 0.3) is 0 Å². The number of benzene rings is 1. The fourth-order valence-corrected chi connectivity index (χ4v) is 4.10. The third-order valence-corrected chi connectivity index (χ3v) is 5.78. The number of morpholine rings is 1. The quantitative estimate of drug-likeness (QED) is 0.580. The molecular formula is C21H25N5O3S. The van der Waals surface area contributed by atoms with Crippen LogP contribution in [0.1, 0.15) is 24.3 Å². The van der Waals surface area contributed by atoms with Crippen LogP contribution in [0.2, 0.25) is 0 Å². The monoisotopic (exact) mass is 427 g/mol. The van der Waals surface area contributed by atoms with Crippen LogP contribution in [-0.2, 0) is 9.53 Å². The van der Waals surface area contributed by atoms with Crippen LogP contribution in [0, 0.1) is 6.92 Å². The summed E-state index contributed by atoms with van der Waals surface area (Å²) in [5.41, 5.74) is 2.13. The average Bonchev–Trinajstić information content (AvgIpc) is 3.43. The summed E-state index contributed by atoms with van der Waals surface area (Å²) in [6, 6.07) is 11.7. The van der Waals surface area contributed by atoms with Gasteiger partial charge in [0.2, 0.25) is 11.9 Å². The van der Waals surface area contributed by atoms with E-state index >= 15 is 0 Å². The number of nitrogens with one attached hydrogen (secondary N) is 1. The molecule has 3 aromatic rings. The van der Waals surface area contributed by atoms with Crippen LogP contribution in [0.25, 0.3) is 5.69 Å². The molecule has 2 aromatic heterocycles. The Morgan fingerprint density at radius 1 is 1.23 bits per heavy atom. The second-order valence-electron chi connectivity index (χ2n) is 7.15. The number of carbonyl (C=O) groups is 1. The Kier molecular flexibility index (Phi) is 6.39. The van der Waals surface area contributed by atoms with Crippen LogP contribution in [0.5, 0.6) is 0 Å². The Labute approximate surface area is 179 Å². The van der Waals surface area contributed by atoms with E-state index in [0.29, 0.717) is 18.4 Å². The Morgan fingerprint density at radius 3 is 2.80 bits per heavy atom. The highest BCUT2D eigenvalue weighted by Crippen LogP contribution is 2.27. The molecule has 1 fully saturated rings. The van der Waals surface area contributed by atoms with Crippen LogP contribution >= 0.6 is 11.8 Å². The molecule has 9 heteroatoms. The molecule has 1 aliphatic heterocycles. The SMILES string of the molecule is Cc1cccc(-n2c(SCC(=O)NC(C)c3ccco3)nnc2N2CCOCC2)c1. The third-order valence-electron chi connectivity index (χ3n) is 4.85. The van der Waals surface area contributed by atoms with Crippen LogP contribution < -0.4 is 10.2 Å². The summed E-state index contributed by atoms with van der Waals surface area (Å²) < 4.78 is 12.8. The van der Waals surface area contributed by atoms with Crippen molar-refractivity contribution in [3.05, 3.63) is 54.0 Å². The lowest BCUT2D eigenvalue weighted by atomic mass is 10.2. The Bertz CT molecular complexity index is 982. The second kappa shape index (κ2) is 9.36. The first-order chi connectivity index (χ1) is 14.6. The minimum atomic E-state index is -0.188. The predicted octanol–water partition coefficient (Wildman–Crippen LogP) is 2.97. The van der Waals surface area contributed by atoms with Crippen molar-refractivity contribution in [1.82, 2.24) is 20.1 Å². The first-order valence-electron chi connectivity index (χ1n) is 9.92. The van der Waals surface area contributed by atoms with Gasteiger partial charge in [-0.25, -0.2) is 0 Å². The normalized spacial score (nSPS) is 15.2. The smallest absolute Gasteiger partial charge is 0.232 e. The second-order valence-corrected chi connectivity index (χ2v) is 8.09. The fourth-order valence-electron chi connectivity index (χ4n) is 3.34. The van der Waals surface area contributed by atoms with Gasteiger partial charge >= 0.3 is 0 Å². The summed E-state index contributed by atoms with van der Waals surface area (Å²) in [5, 5.41) is 12.5. The number of anilines is 1. The van der Waals surface area contributed by atoms with Gasteiger partial charge in [-0.2, -0.15) is 0 Å². The maximum absolute atomic E-state index is 12.5. The van der Waals surface area contributed by atoms with E-state index in [2.05, 4.69) is 39.5 Å². The summed E-state index contributed by atoms with van der Waals surface area (Å²) >= 11 is 1.37. The molecule has 1 saturated heterocycles. The fraction of sp³-hybridized carbons (Fsp3) is 0.381. The van der Waals surface area contributed by atoms with E-state index < -0.39 is 0 Å². The number of hydrogen-bond donors (Lipinski definition) is 1. The maximum atomic E-state index is 12.5. The molecule has 1 unspecified atom stereocenters. The van der Waals surface area contributed by atoms with Gasteiger partial charge in [0.1, 0.15) is 5.76 Å². The number of rotatable bonds is 7. The zero-order valence-corrected chi connectivity index (χ0v) is 17.9. The number of ether oxygens (including phenoxy) is 1. The standard InChI is InChI=1S/C21H25N5O3S/c1-15-5-3-6-17(13-15)26-20(25-8-11-28-12-9-25)23-24-21(26)30-14-19(27)22-16(2)18-7-4-10-29-18/h3-7,10,13,16H,8-9,11-12,14H2,1-2H3,(H,22,27). The van der Waals surface area contributed by atoms with Gasteiger partial charge in [0.15, 0.2) is 5.16 Å². The van der Waals surface area contributed by atoms with Crippen LogP contribution in [0.15, 0.2) is 52.2 Å². The lowest BCUT2D eigenvalue weighted by molar-refractivity contribution is -0.119. The van der Waals surface area contributed by atoms with Gasteiger partial charge in [-0.15, -0.1) is 10.2 Å². The topological polar surface area (TPSA) is 85.4 Å². The molecule has 1 aliphatic rings. The van der Waals surface area contributed by atoms with E-state index in [4.69, 9.17) is 9.15 Å². The number of thioether (sulfide) groups is 1. The van der Waals surface area contributed by atoms with E-state index in [1.165, 1.54) is 11.8 Å². The van der Waals surface area contributed by atoms with Crippen molar-refractivity contribution in [2.45, 2.75) is 25.0 Å². The summed E-state index contributed by atoms with van der Waals surface area (Å²) in [4.78, 5) is 14.6. The molecule has 1 aromatic carbocycles. The summed E-state index contributed by atoms with van der Waals surface area (Å²) in [6.45, 7) is 6.80. The lowest BCUT2D eigenvalue weighted by Gasteiger charge is -2.28. The van der Waals surface area contributed by atoms with E-state index in [1.54, 1.807) is 6.26 Å². The van der Waals surface area contributed by atoms with Crippen LogP contribution in [0.3, 0.4) is 0 Å². The minimum Gasteiger partial charge on any atom is -0.467 e. The molecule has 4 rings (SSSR count). The molecule has 1 N–H and O–H groups in total. The molecule has 30 heavy (non-hydrogen) atoms. The van der Waals surface area contributed by atoms with Gasteiger partial charge in [0.05, 0.1) is 37.0 Å². The van der Waals surface area contributed by atoms with Gasteiger partial charge in [-0.3, -0.25) is 9.36 Å². The molecule has 158 valence electrons. The van der Waals surface area contributed by atoms with Crippen molar-refractivity contribution in [3.63, 3.8) is 0 Å². The lowest BCUT2D eigenvalue weighted by Crippen LogP contribution is -2.37. The van der Waals surface area contributed by atoms with Crippen molar-refractivity contribution in [2.24, 2.45) is 0 Å². The molecule has 1 atom stereocenters. The molecule has 8 nitrogen and oxygen atoms in total. The number of amides is 1. The molecular weight excluding hydrogens is 402 g/mol. The largest absolute Gasteiger partial charge is 0.467 e. The molecule has 0 spiro atoms. The third kappa shape index (κ3) is 4.68. The van der Waals surface area contributed by atoms with Gasteiger partial charge in [-0.1, -0.05) is 23.9 Å². The Morgan fingerprint density at radius 2 is 2.07 bits per heavy atom. The number of carbonyl (C=O) groups excluding carboxylic acids is 1. The molecule has 0 saturated carbocycles. The zero-order chi connectivity index (χ0) is 20.9. The van der Waals surface area contributed by atoms with Crippen molar-refractivity contribution in [1.29, 1.82) is 0 Å². The highest BCUT2D eigenvalue weighted by atomic mass is 32.2. The number of nitrogens with zero attached hydrogens (tertiary/aromatic N) is 4. The first kappa shape index (κ1) is 20.5. The predicted molar refractivity (Wildman–Crippen MR) is 115 cm³/mol. The highest BCUT2D eigenvalue weighted by molar-refractivity contribution is 7.99. The van der Waals surface area contributed by atoms with E-state index in [0.717, 1.165) is 36.0 Å². The molecule has 0 aliphatic carbocycles. The Balaban J connectivity index is 1.52. The van der Waals surface area contributed by atoms with E-state index in [-0.39, 0.29) is 17.7 Å². The van der Waals surface area contributed by atoms with Crippen LogP contribution in [-0.4, -0.2) is 52.7 Å². The van der Waals surface area contributed by atoms with Crippen molar-refractivity contribution >= 4 is 23.6 Å². The average molecular weight is 428 g/mol. The highest BCUT2D eigenvalue weighted by Gasteiger charge is 2.22. The van der Waals surface area contributed by atoms with Crippen LogP contribution in [0.4, 0.5) is 5.95 Å². The summed E-state index contributed by atoms with van der Waals surface area (Å²) in [7, 11) is 0. The number of furan rings is 1. The van der Waals surface area contributed by atoms with Gasteiger partial charge < -0.3 is 19.4 Å². The van der Waals surface area contributed by atoms with Crippen molar-refractivity contribution < 1.29 is 13.9 Å². The van der Waals surface area contributed by atoms with Crippen molar-refractivity contribution in [2.75, 3.05) is 37.0 Å².